The average Bonchev–Trinajstić information content (AvgIpc) is 2.93. The van der Waals surface area contributed by atoms with Gasteiger partial charge in [-0.1, -0.05) is 13.0 Å². The molecule has 2 rings (SSSR count). The van der Waals surface area contributed by atoms with Crippen LogP contribution >= 0.6 is 0 Å². The fourth-order valence-corrected chi connectivity index (χ4v) is 2.57. The van der Waals surface area contributed by atoms with Crippen LogP contribution in [0.1, 0.15) is 18.9 Å². The maximum atomic E-state index is 12.5. The number of rotatable bonds is 7. The number of aryl methyl sites for hydroxylation is 1. The van der Waals surface area contributed by atoms with Gasteiger partial charge in [0.2, 0.25) is 5.91 Å². The van der Waals surface area contributed by atoms with Crippen molar-refractivity contribution in [2.24, 2.45) is 0 Å². The second kappa shape index (κ2) is 8.48. The van der Waals surface area contributed by atoms with Gasteiger partial charge in [-0.15, -0.1) is 0 Å². The lowest BCUT2D eigenvalue weighted by Crippen LogP contribution is -2.31. The van der Waals surface area contributed by atoms with E-state index in [9.17, 15) is 14.4 Å². The Morgan fingerprint density at radius 1 is 1.35 bits per heavy atom. The lowest BCUT2D eigenvalue weighted by atomic mass is 10.1. The molecule has 0 aromatic heterocycles. The van der Waals surface area contributed by atoms with Crippen molar-refractivity contribution in [3.63, 3.8) is 0 Å². The zero-order chi connectivity index (χ0) is 19.3. The van der Waals surface area contributed by atoms with Crippen LogP contribution in [0, 0.1) is 6.92 Å². The van der Waals surface area contributed by atoms with Crippen molar-refractivity contribution in [1.82, 2.24) is 4.90 Å². The summed E-state index contributed by atoms with van der Waals surface area (Å²) in [6, 6.07) is 5.25. The standard InChI is InChI=1S/C18H23N3O5/c1-4-15(23)20-14-9-12(6-5-11(14)2)19-16-13(18(25)26-3)10-21(7-8-22)17(16)24/h5-6,9,19,22H,4,7-8,10H2,1-3H3,(H,20,23). The van der Waals surface area contributed by atoms with Crippen LogP contribution in [0.4, 0.5) is 11.4 Å². The summed E-state index contributed by atoms with van der Waals surface area (Å²) in [5.74, 6) is -1.11. The normalized spacial score (nSPS) is 13.8. The number of carbonyl (C=O) groups is 3. The number of benzene rings is 1. The largest absolute Gasteiger partial charge is 0.466 e. The van der Waals surface area contributed by atoms with Crippen molar-refractivity contribution < 1.29 is 24.2 Å². The first-order chi connectivity index (χ1) is 12.4. The summed E-state index contributed by atoms with van der Waals surface area (Å²) in [6.45, 7) is 3.60. The van der Waals surface area contributed by atoms with Gasteiger partial charge < -0.3 is 25.4 Å². The molecule has 1 aromatic rings. The number of hydrogen-bond donors (Lipinski definition) is 3. The first kappa shape index (κ1) is 19.5. The molecule has 8 heteroatoms. The highest BCUT2D eigenvalue weighted by Gasteiger charge is 2.34. The number of hydrogen-bond acceptors (Lipinski definition) is 6. The van der Waals surface area contributed by atoms with Crippen LogP contribution in [0.15, 0.2) is 29.5 Å². The number of β-amino-alcohol motifs (C(OH)–C–C–N with tert-alkyl or cyclic N) is 1. The molecule has 26 heavy (non-hydrogen) atoms. The van der Waals surface area contributed by atoms with E-state index < -0.39 is 5.97 Å². The van der Waals surface area contributed by atoms with Crippen molar-refractivity contribution in [1.29, 1.82) is 0 Å². The zero-order valence-electron chi connectivity index (χ0n) is 15.1. The minimum atomic E-state index is -0.604. The van der Waals surface area contributed by atoms with Gasteiger partial charge in [0.15, 0.2) is 0 Å². The molecule has 1 aliphatic heterocycles. The molecule has 1 aliphatic rings. The molecule has 1 aromatic carbocycles. The van der Waals surface area contributed by atoms with Crippen LogP contribution in [-0.2, 0) is 19.1 Å². The van der Waals surface area contributed by atoms with Gasteiger partial charge in [-0.2, -0.15) is 0 Å². The van der Waals surface area contributed by atoms with Crippen molar-refractivity contribution in [3.05, 3.63) is 35.0 Å². The van der Waals surface area contributed by atoms with E-state index in [1.165, 1.54) is 12.0 Å². The van der Waals surface area contributed by atoms with E-state index in [1.54, 1.807) is 25.1 Å². The van der Waals surface area contributed by atoms with Gasteiger partial charge in [0, 0.05) is 24.3 Å². The van der Waals surface area contributed by atoms with E-state index in [0.717, 1.165) is 5.56 Å². The molecule has 0 atom stereocenters. The van der Waals surface area contributed by atoms with Crippen molar-refractivity contribution >= 4 is 29.2 Å². The van der Waals surface area contributed by atoms with Gasteiger partial charge in [-0.05, 0) is 24.6 Å². The zero-order valence-corrected chi connectivity index (χ0v) is 15.1. The Labute approximate surface area is 151 Å². The highest BCUT2D eigenvalue weighted by molar-refractivity contribution is 6.08. The Kier molecular flexibility index (Phi) is 6.35. The minimum Gasteiger partial charge on any atom is -0.466 e. The highest BCUT2D eigenvalue weighted by atomic mass is 16.5. The maximum absolute atomic E-state index is 12.5. The molecule has 0 radical (unpaired) electrons. The molecule has 0 spiro atoms. The quantitative estimate of drug-likeness (QED) is 0.626. The lowest BCUT2D eigenvalue weighted by molar-refractivity contribution is -0.136. The number of nitrogens with zero attached hydrogens (tertiary/aromatic N) is 1. The van der Waals surface area contributed by atoms with E-state index in [-0.39, 0.29) is 42.8 Å². The van der Waals surface area contributed by atoms with E-state index in [2.05, 4.69) is 10.6 Å². The van der Waals surface area contributed by atoms with Gasteiger partial charge in [0.1, 0.15) is 5.70 Å². The summed E-state index contributed by atoms with van der Waals surface area (Å²) in [6.07, 6.45) is 0.351. The molecular weight excluding hydrogens is 338 g/mol. The molecule has 0 saturated heterocycles. The smallest absolute Gasteiger partial charge is 0.337 e. The van der Waals surface area contributed by atoms with Crippen molar-refractivity contribution in [3.8, 4) is 0 Å². The third-order valence-electron chi connectivity index (χ3n) is 4.06. The Balaban J connectivity index is 2.31. The molecule has 2 amide bonds. The van der Waals surface area contributed by atoms with E-state index in [1.807, 2.05) is 6.92 Å². The van der Waals surface area contributed by atoms with Crippen LogP contribution in [0.25, 0.3) is 0 Å². The number of methoxy groups -OCH3 is 1. The highest BCUT2D eigenvalue weighted by Crippen LogP contribution is 2.26. The summed E-state index contributed by atoms with van der Waals surface area (Å²) < 4.78 is 4.75. The lowest BCUT2D eigenvalue weighted by Gasteiger charge is -2.15. The summed E-state index contributed by atoms with van der Waals surface area (Å²) in [5.41, 5.74) is 2.36. The molecule has 8 nitrogen and oxygen atoms in total. The number of nitrogens with one attached hydrogen (secondary N) is 2. The summed E-state index contributed by atoms with van der Waals surface area (Å²) in [4.78, 5) is 37.5. The molecule has 0 fully saturated rings. The van der Waals surface area contributed by atoms with Crippen molar-refractivity contribution in [2.45, 2.75) is 20.3 Å². The third kappa shape index (κ3) is 4.20. The topological polar surface area (TPSA) is 108 Å². The predicted molar refractivity (Wildman–Crippen MR) is 96.4 cm³/mol. The van der Waals surface area contributed by atoms with Crippen LogP contribution in [0.3, 0.4) is 0 Å². The van der Waals surface area contributed by atoms with Crippen LogP contribution in [-0.4, -0.2) is 54.6 Å². The third-order valence-corrected chi connectivity index (χ3v) is 4.06. The van der Waals surface area contributed by atoms with Crippen LogP contribution < -0.4 is 10.6 Å². The fraction of sp³-hybridized carbons (Fsp3) is 0.389. The summed E-state index contributed by atoms with van der Waals surface area (Å²) in [5, 5.41) is 14.8. The monoisotopic (exact) mass is 361 g/mol. The number of esters is 1. The summed E-state index contributed by atoms with van der Waals surface area (Å²) >= 11 is 0. The SMILES string of the molecule is CCC(=O)Nc1cc(NC2=C(C(=O)OC)CN(CCO)C2=O)ccc1C. The van der Waals surface area contributed by atoms with E-state index in [0.29, 0.717) is 17.8 Å². The molecule has 0 saturated carbocycles. The van der Waals surface area contributed by atoms with Gasteiger partial charge in [-0.3, -0.25) is 9.59 Å². The van der Waals surface area contributed by atoms with Gasteiger partial charge in [-0.25, -0.2) is 4.79 Å². The van der Waals surface area contributed by atoms with Crippen molar-refractivity contribution in [2.75, 3.05) is 37.4 Å². The number of amides is 2. The van der Waals surface area contributed by atoms with Crippen LogP contribution in [0.5, 0.6) is 0 Å². The maximum Gasteiger partial charge on any atom is 0.337 e. The fourth-order valence-electron chi connectivity index (χ4n) is 2.57. The van der Waals surface area contributed by atoms with Crippen LogP contribution in [0.2, 0.25) is 0 Å². The van der Waals surface area contributed by atoms with Gasteiger partial charge >= 0.3 is 5.97 Å². The number of anilines is 2. The van der Waals surface area contributed by atoms with Gasteiger partial charge in [0.25, 0.3) is 5.91 Å². The number of ether oxygens (including phenoxy) is 1. The molecule has 0 aliphatic carbocycles. The van der Waals surface area contributed by atoms with Gasteiger partial charge in [0.05, 0.1) is 25.8 Å². The second-order valence-corrected chi connectivity index (χ2v) is 5.85. The molecule has 1 heterocycles. The predicted octanol–water partition coefficient (Wildman–Crippen LogP) is 1.02. The Bertz CT molecular complexity index is 757. The second-order valence-electron chi connectivity index (χ2n) is 5.85. The number of carbonyl (C=O) groups excluding carboxylic acids is 3. The Morgan fingerprint density at radius 3 is 2.69 bits per heavy atom. The number of aliphatic hydroxyl groups excluding tert-OH is 1. The first-order valence-corrected chi connectivity index (χ1v) is 8.30. The molecule has 3 N–H and O–H groups in total. The van der Waals surface area contributed by atoms with E-state index >= 15 is 0 Å². The molecule has 0 unspecified atom stereocenters. The molecule has 0 bridgehead atoms. The Hall–Kier alpha value is -2.87. The average molecular weight is 361 g/mol. The summed E-state index contributed by atoms with van der Waals surface area (Å²) in [7, 11) is 1.25. The Morgan fingerprint density at radius 2 is 2.08 bits per heavy atom. The molecule has 140 valence electrons. The minimum absolute atomic E-state index is 0.0691. The number of aliphatic hydroxyl groups is 1. The molecular formula is C18H23N3O5. The first-order valence-electron chi connectivity index (χ1n) is 8.30. The van der Waals surface area contributed by atoms with E-state index in [4.69, 9.17) is 9.84 Å².